The van der Waals surface area contributed by atoms with Crippen molar-refractivity contribution in [3.05, 3.63) is 33.1 Å². The Kier molecular flexibility index (Phi) is 4.34. The van der Waals surface area contributed by atoms with Gasteiger partial charge in [0.1, 0.15) is 5.69 Å². The molecule has 3 nitrogen and oxygen atoms in total. The summed E-state index contributed by atoms with van der Waals surface area (Å²) in [4.78, 5) is 1.10. The van der Waals surface area contributed by atoms with E-state index in [-0.39, 0.29) is 0 Å². The number of rotatable bonds is 4. The molecule has 2 rings (SSSR count). The summed E-state index contributed by atoms with van der Waals surface area (Å²) in [5.74, 6) is 0. The highest BCUT2D eigenvalue weighted by Crippen LogP contribution is 2.30. The molecule has 0 amide bonds. The maximum atomic E-state index is 6.00. The standard InChI is InChI=1S/C11H11Cl2N3S/c1-2-14-6-10-11(15-16-17-10)7-3-4-8(12)9(13)5-7/h3-5,14H,2,6H2,1H3. The van der Waals surface area contributed by atoms with Crippen LogP contribution >= 0.6 is 34.7 Å². The van der Waals surface area contributed by atoms with Crippen LogP contribution in [0.25, 0.3) is 11.3 Å². The van der Waals surface area contributed by atoms with Crippen LogP contribution in [-0.4, -0.2) is 16.1 Å². The van der Waals surface area contributed by atoms with Gasteiger partial charge in [0, 0.05) is 12.1 Å². The Bertz CT molecular complexity index is 513. The minimum absolute atomic E-state index is 0.534. The number of hydrogen-bond donors (Lipinski definition) is 1. The molecule has 0 radical (unpaired) electrons. The third kappa shape index (κ3) is 2.96. The van der Waals surface area contributed by atoms with Crippen molar-refractivity contribution >= 4 is 34.7 Å². The second-order valence-electron chi connectivity index (χ2n) is 3.45. The molecule has 1 heterocycles. The number of nitrogens with zero attached hydrogens (tertiary/aromatic N) is 2. The van der Waals surface area contributed by atoms with Crippen molar-refractivity contribution in [1.29, 1.82) is 0 Å². The van der Waals surface area contributed by atoms with Crippen LogP contribution < -0.4 is 5.32 Å². The van der Waals surface area contributed by atoms with Gasteiger partial charge in [0.05, 0.1) is 14.9 Å². The summed E-state index contributed by atoms with van der Waals surface area (Å²) in [5, 5.41) is 8.48. The summed E-state index contributed by atoms with van der Waals surface area (Å²) < 4.78 is 3.98. The number of hydrogen-bond acceptors (Lipinski definition) is 4. The Hall–Kier alpha value is -0.680. The largest absolute Gasteiger partial charge is 0.312 e. The minimum atomic E-state index is 0.534. The average molecular weight is 288 g/mol. The molecule has 1 aromatic carbocycles. The smallest absolute Gasteiger partial charge is 0.110 e. The highest BCUT2D eigenvalue weighted by molar-refractivity contribution is 7.05. The fourth-order valence-electron chi connectivity index (χ4n) is 1.43. The average Bonchev–Trinajstić information content (AvgIpc) is 2.78. The lowest BCUT2D eigenvalue weighted by Gasteiger charge is -2.03. The SMILES string of the molecule is CCNCc1snnc1-c1ccc(Cl)c(Cl)c1. The van der Waals surface area contributed by atoms with Gasteiger partial charge in [-0.1, -0.05) is 40.7 Å². The molecular weight excluding hydrogens is 277 g/mol. The molecule has 0 atom stereocenters. The Balaban J connectivity index is 2.32. The van der Waals surface area contributed by atoms with E-state index in [0.29, 0.717) is 10.0 Å². The normalized spacial score (nSPS) is 10.8. The van der Waals surface area contributed by atoms with Crippen LogP contribution in [0.15, 0.2) is 18.2 Å². The molecule has 0 unspecified atom stereocenters. The third-order valence-corrected chi connectivity index (χ3v) is 3.74. The molecule has 0 bridgehead atoms. The highest BCUT2D eigenvalue weighted by Gasteiger charge is 2.11. The van der Waals surface area contributed by atoms with Crippen molar-refractivity contribution < 1.29 is 0 Å². The van der Waals surface area contributed by atoms with Crippen LogP contribution in [0.2, 0.25) is 10.0 Å². The molecule has 2 aromatic rings. The van der Waals surface area contributed by atoms with Crippen molar-refractivity contribution in [3.63, 3.8) is 0 Å². The molecule has 90 valence electrons. The molecule has 0 spiro atoms. The second-order valence-corrected chi connectivity index (χ2v) is 5.11. The Morgan fingerprint density at radius 2 is 2.12 bits per heavy atom. The lowest BCUT2D eigenvalue weighted by molar-refractivity contribution is 0.735. The molecule has 0 aliphatic heterocycles. The summed E-state index contributed by atoms with van der Waals surface area (Å²) >= 11 is 13.3. The van der Waals surface area contributed by atoms with Crippen molar-refractivity contribution in [2.45, 2.75) is 13.5 Å². The summed E-state index contributed by atoms with van der Waals surface area (Å²) in [5.41, 5.74) is 1.82. The first-order valence-corrected chi connectivity index (χ1v) is 6.72. The van der Waals surface area contributed by atoms with Gasteiger partial charge in [-0.25, -0.2) is 0 Å². The first-order chi connectivity index (χ1) is 8.22. The third-order valence-electron chi connectivity index (χ3n) is 2.28. The molecular formula is C11H11Cl2N3S. The van der Waals surface area contributed by atoms with E-state index in [1.54, 1.807) is 6.07 Å². The second kappa shape index (κ2) is 5.78. The van der Waals surface area contributed by atoms with Gasteiger partial charge in [-0.2, -0.15) is 0 Å². The Labute approximate surface area is 114 Å². The zero-order chi connectivity index (χ0) is 12.3. The van der Waals surface area contributed by atoms with E-state index < -0.39 is 0 Å². The molecule has 0 aliphatic carbocycles. The summed E-state index contributed by atoms with van der Waals surface area (Å²) in [6.45, 7) is 3.75. The van der Waals surface area contributed by atoms with E-state index in [1.807, 2.05) is 12.1 Å². The van der Waals surface area contributed by atoms with E-state index in [4.69, 9.17) is 23.2 Å². The van der Waals surface area contributed by atoms with Gasteiger partial charge in [-0.3, -0.25) is 0 Å². The number of aromatic nitrogens is 2. The van der Waals surface area contributed by atoms with Gasteiger partial charge >= 0.3 is 0 Å². The summed E-state index contributed by atoms with van der Waals surface area (Å²) in [6.07, 6.45) is 0. The molecule has 0 saturated carbocycles. The Morgan fingerprint density at radius 3 is 2.82 bits per heavy atom. The first-order valence-electron chi connectivity index (χ1n) is 5.19. The van der Waals surface area contributed by atoms with Gasteiger partial charge in [0.2, 0.25) is 0 Å². The Morgan fingerprint density at radius 1 is 1.29 bits per heavy atom. The van der Waals surface area contributed by atoms with E-state index in [2.05, 4.69) is 21.8 Å². The maximum absolute atomic E-state index is 6.00. The molecule has 0 aliphatic rings. The van der Waals surface area contributed by atoms with Gasteiger partial charge in [-0.05, 0) is 30.2 Å². The lowest BCUT2D eigenvalue weighted by atomic mass is 10.1. The number of benzene rings is 1. The molecule has 1 N–H and O–H groups in total. The minimum Gasteiger partial charge on any atom is -0.312 e. The zero-order valence-corrected chi connectivity index (χ0v) is 11.5. The quantitative estimate of drug-likeness (QED) is 0.933. The van der Waals surface area contributed by atoms with E-state index >= 15 is 0 Å². The molecule has 0 saturated heterocycles. The van der Waals surface area contributed by atoms with Crippen LogP contribution in [0, 0.1) is 0 Å². The van der Waals surface area contributed by atoms with Gasteiger partial charge < -0.3 is 5.32 Å². The zero-order valence-electron chi connectivity index (χ0n) is 9.20. The summed E-state index contributed by atoms with van der Waals surface area (Å²) in [6, 6.07) is 5.49. The predicted molar refractivity (Wildman–Crippen MR) is 72.7 cm³/mol. The summed E-state index contributed by atoms with van der Waals surface area (Å²) in [7, 11) is 0. The molecule has 17 heavy (non-hydrogen) atoms. The van der Waals surface area contributed by atoms with Crippen LogP contribution in [0.5, 0.6) is 0 Å². The highest BCUT2D eigenvalue weighted by atomic mass is 35.5. The van der Waals surface area contributed by atoms with E-state index in [1.165, 1.54) is 11.5 Å². The van der Waals surface area contributed by atoms with E-state index in [0.717, 1.165) is 29.2 Å². The van der Waals surface area contributed by atoms with Crippen LogP contribution in [0.3, 0.4) is 0 Å². The molecule has 6 heteroatoms. The van der Waals surface area contributed by atoms with Crippen LogP contribution in [0.4, 0.5) is 0 Å². The van der Waals surface area contributed by atoms with Crippen LogP contribution in [0.1, 0.15) is 11.8 Å². The van der Waals surface area contributed by atoms with Crippen molar-refractivity contribution in [1.82, 2.24) is 14.9 Å². The first kappa shape index (κ1) is 12.8. The van der Waals surface area contributed by atoms with Gasteiger partial charge in [0.15, 0.2) is 0 Å². The van der Waals surface area contributed by atoms with Gasteiger partial charge in [0.25, 0.3) is 0 Å². The fraction of sp³-hybridized carbons (Fsp3) is 0.273. The predicted octanol–water partition coefficient (Wildman–Crippen LogP) is 3.62. The topological polar surface area (TPSA) is 37.8 Å². The van der Waals surface area contributed by atoms with Crippen LogP contribution in [-0.2, 0) is 6.54 Å². The monoisotopic (exact) mass is 287 g/mol. The van der Waals surface area contributed by atoms with E-state index in [9.17, 15) is 0 Å². The number of nitrogens with one attached hydrogen (secondary N) is 1. The van der Waals surface area contributed by atoms with Crippen molar-refractivity contribution in [2.75, 3.05) is 6.54 Å². The van der Waals surface area contributed by atoms with Gasteiger partial charge in [-0.15, -0.1) is 5.10 Å². The van der Waals surface area contributed by atoms with Crippen molar-refractivity contribution in [3.8, 4) is 11.3 Å². The molecule has 0 fully saturated rings. The number of halogens is 2. The molecule has 1 aromatic heterocycles. The maximum Gasteiger partial charge on any atom is 0.110 e. The van der Waals surface area contributed by atoms with Crippen molar-refractivity contribution in [2.24, 2.45) is 0 Å². The lowest BCUT2D eigenvalue weighted by Crippen LogP contribution is -2.11. The fourth-order valence-corrected chi connectivity index (χ4v) is 2.36.